The van der Waals surface area contributed by atoms with Crippen LogP contribution < -0.4 is 15.4 Å². The van der Waals surface area contributed by atoms with E-state index in [0.717, 1.165) is 60.4 Å². The largest absolute Gasteiger partial charge is 0.490 e. The van der Waals surface area contributed by atoms with Crippen molar-refractivity contribution in [3.63, 3.8) is 0 Å². The van der Waals surface area contributed by atoms with Crippen molar-refractivity contribution in [3.05, 3.63) is 46.9 Å². The number of nitrogens with zero attached hydrogens (tertiary/aromatic N) is 1. The van der Waals surface area contributed by atoms with Crippen LogP contribution in [0.4, 0.5) is 10.5 Å². The molecule has 184 valence electrons. The predicted octanol–water partition coefficient (Wildman–Crippen LogP) is 7.03. The summed E-state index contributed by atoms with van der Waals surface area (Å²) in [6, 6.07) is 15.3. The highest BCUT2D eigenvalue weighted by Gasteiger charge is 2.27. The molecule has 0 spiro atoms. The van der Waals surface area contributed by atoms with Crippen LogP contribution in [0.2, 0.25) is 0 Å². The zero-order chi connectivity index (χ0) is 23.8. The summed E-state index contributed by atoms with van der Waals surface area (Å²) in [7, 11) is 0. The van der Waals surface area contributed by atoms with Crippen molar-refractivity contribution in [3.8, 4) is 17.0 Å². The number of benzene rings is 2. The van der Waals surface area contributed by atoms with Gasteiger partial charge in [0, 0.05) is 42.1 Å². The number of carbonyl (C=O) groups excluding carboxylic acids is 1. The van der Waals surface area contributed by atoms with Gasteiger partial charge in [-0.25, -0.2) is 4.79 Å². The van der Waals surface area contributed by atoms with E-state index in [0.29, 0.717) is 12.1 Å². The van der Waals surface area contributed by atoms with Crippen LogP contribution in [0.15, 0.2) is 46.9 Å². The summed E-state index contributed by atoms with van der Waals surface area (Å²) in [5, 5.41) is 7.21. The third-order valence-electron chi connectivity index (χ3n) is 7.68. The van der Waals surface area contributed by atoms with E-state index in [1.54, 1.807) is 0 Å². The van der Waals surface area contributed by atoms with Gasteiger partial charge in [-0.2, -0.15) is 0 Å². The topological polar surface area (TPSA) is 64.5 Å². The molecule has 2 amide bonds. The molecule has 0 radical (unpaired) electrons. The molecule has 3 aliphatic rings. The Bertz CT molecular complexity index is 1210. The normalized spacial score (nSPS) is 19.2. The Morgan fingerprint density at radius 1 is 0.971 bits per heavy atom. The molecular weight excluding hydrogens is 506 g/mol. The van der Waals surface area contributed by atoms with E-state index in [9.17, 15) is 4.79 Å². The number of ether oxygens (including phenoxy) is 2. The van der Waals surface area contributed by atoms with E-state index in [1.165, 1.54) is 42.3 Å². The number of anilines is 1. The molecule has 1 aliphatic heterocycles. The van der Waals surface area contributed by atoms with Crippen molar-refractivity contribution < 1.29 is 14.3 Å². The number of nitrogens with one attached hydrogen (secondary N) is 2. The van der Waals surface area contributed by atoms with Crippen LogP contribution in [-0.2, 0) is 4.74 Å². The van der Waals surface area contributed by atoms with Crippen LogP contribution in [0, 0.1) is 0 Å². The molecular formula is C28H32BrN3O3. The van der Waals surface area contributed by atoms with Gasteiger partial charge in [0.05, 0.1) is 28.9 Å². The maximum Gasteiger partial charge on any atom is 0.319 e. The van der Waals surface area contributed by atoms with Crippen molar-refractivity contribution in [2.45, 2.75) is 69.6 Å². The van der Waals surface area contributed by atoms with Crippen LogP contribution in [0.1, 0.15) is 57.4 Å². The van der Waals surface area contributed by atoms with E-state index in [4.69, 9.17) is 9.47 Å². The highest BCUT2D eigenvalue weighted by Crippen LogP contribution is 2.45. The summed E-state index contributed by atoms with van der Waals surface area (Å²) in [5.74, 6) is 0.929. The number of halogens is 1. The fourth-order valence-electron chi connectivity index (χ4n) is 5.22. The number of carbonyl (C=O) groups is 1. The van der Waals surface area contributed by atoms with Gasteiger partial charge in [-0.15, -0.1) is 0 Å². The Morgan fingerprint density at radius 2 is 1.71 bits per heavy atom. The fraction of sp³-hybridized carbons (Fsp3) is 0.464. The summed E-state index contributed by atoms with van der Waals surface area (Å²) in [5.41, 5.74) is 4.35. The highest BCUT2D eigenvalue weighted by molar-refractivity contribution is 9.10. The maximum absolute atomic E-state index is 12.3. The lowest BCUT2D eigenvalue weighted by Crippen LogP contribution is -2.41. The summed E-state index contributed by atoms with van der Waals surface area (Å²) in [4.78, 5) is 12.3. The van der Waals surface area contributed by atoms with E-state index < -0.39 is 0 Å². The Morgan fingerprint density at radius 3 is 2.37 bits per heavy atom. The van der Waals surface area contributed by atoms with Gasteiger partial charge in [0.1, 0.15) is 11.9 Å². The quantitative estimate of drug-likeness (QED) is 0.354. The first-order valence-electron chi connectivity index (χ1n) is 12.9. The molecule has 1 aromatic heterocycles. The van der Waals surface area contributed by atoms with Crippen LogP contribution in [0.25, 0.3) is 22.2 Å². The van der Waals surface area contributed by atoms with Gasteiger partial charge < -0.3 is 24.7 Å². The third kappa shape index (κ3) is 4.68. The molecule has 6 nitrogen and oxygen atoms in total. The lowest BCUT2D eigenvalue weighted by molar-refractivity contribution is 0.0256. The summed E-state index contributed by atoms with van der Waals surface area (Å²) < 4.78 is 15.4. The second-order valence-corrected chi connectivity index (χ2v) is 10.8. The fourth-order valence-corrected chi connectivity index (χ4v) is 5.97. The van der Waals surface area contributed by atoms with Crippen molar-refractivity contribution in [2.75, 3.05) is 18.5 Å². The highest BCUT2D eigenvalue weighted by atomic mass is 79.9. The van der Waals surface area contributed by atoms with E-state index in [2.05, 4.69) is 61.5 Å². The van der Waals surface area contributed by atoms with Gasteiger partial charge in [0.2, 0.25) is 0 Å². The number of aromatic nitrogens is 1. The molecule has 1 saturated heterocycles. The molecule has 2 aliphatic carbocycles. The molecule has 0 unspecified atom stereocenters. The molecule has 2 aromatic carbocycles. The first kappa shape index (κ1) is 22.9. The summed E-state index contributed by atoms with van der Waals surface area (Å²) in [6.07, 6.45) is 9.10. The molecule has 2 saturated carbocycles. The molecule has 0 bridgehead atoms. The third-order valence-corrected chi connectivity index (χ3v) is 8.48. The average Bonchev–Trinajstić information content (AvgIpc) is 3.08. The maximum atomic E-state index is 12.3. The van der Waals surface area contributed by atoms with Gasteiger partial charge in [-0.3, -0.25) is 0 Å². The predicted molar refractivity (Wildman–Crippen MR) is 142 cm³/mol. The van der Waals surface area contributed by atoms with Crippen LogP contribution >= 0.6 is 15.9 Å². The molecule has 2 heterocycles. The number of hydrogen-bond donors (Lipinski definition) is 2. The molecule has 6 rings (SSSR count). The van der Waals surface area contributed by atoms with E-state index in [1.807, 2.05) is 12.1 Å². The molecule has 0 atom stereocenters. The zero-order valence-electron chi connectivity index (χ0n) is 19.9. The summed E-state index contributed by atoms with van der Waals surface area (Å²) >= 11 is 3.93. The first-order valence-corrected chi connectivity index (χ1v) is 13.7. The number of fused-ring (bicyclic) bond motifs is 1. The first-order chi connectivity index (χ1) is 17.2. The lowest BCUT2D eigenvalue weighted by atomic mass is 9.92. The molecule has 3 fully saturated rings. The van der Waals surface area contributed by atoms with E-state index in [-0.39, 0.29) is 12.1 Å². The minimum absolute atomic E-state index is 0.121. The monoisotopic (exact) mass is 537 g/mol. The Labute approximate surface area is 214 Å². The average molecular weight is 538 g/mol. The minimum Gasteiger partial charge on any atom is -0.490 e. The van der Waals surface area contributed by atoms with E-state index >= 15 is 0 Å². The molecule has 2 N–H and O–H groups in total. The number of hydrogen-bond acceptors (Lipinski definition) is 3. The van der Waals surface area contributed by atoms with Crippen LogP contribution in [0.5, 0.6) is 5.75 Å². The molecule has 35 heavy (non-hydrogen) atoms. The minimum atomic E-state index is -0.121. The Balaban J connectivity index is 1.29. The Hall–Kier alpha value is -2.51. The SMILES string of the molecule is O=C(Nc1ccc(-c2c(Br)c3ccc(OC4CCOCC4)cc3n2C2CCC2)cc1)NC1CCC1. The molecule has 7 heteroatoms. The second kappa shape index (κ2) is 9.86. The number of urea groups is 1. The standard InChI is InChI=1S/C28H32BrN3O3/c29-26-24-12-11-23(35-22-13-15-34-16-14-22)17-25(24)32(21-5-2-6-21)27(26)18-7-9-20(10-8-18)31-28(33)30-19-3-1-4-19/h7-12,17,19,21-22H,1-6,13-16H2,(H2,30,31,33). The zero-order valence-corrected chi connectivity index (χ0v) is 21.5. The summed E-state index contributed by atoms with van der Waals surface area (Å²) in [6.45, 7) is 1.54. The second-order valence-electron chi connectivity index (χ2n) is 10.0. The van der Waals surface area contributed by atoms with Gasteiger partial charge in [0.25, 0.3) is 0 Å². The van der Waals surface area contributed by atoms with Crippen molar-refractivity contribution in [1.29, 1.82) is 0 Å². The number of rotatable bonds is 6. The smallest absolute Gasteiger partial charge is 0.319 e. The van der Waals surface area contributed by atoms with Gasteiger partial charge in [-0.05, 0) is 84.3 Å². The van der Waals surface area contributed by atoms with Crippen LogP contribution in [0.3, 0.4) is 0 Å². The lowest BCUT2D eigenvalue weighted by Gasteiger charge is -2.30. The van der Waals surface area contributed by atoms with Crippen molar-refractivity contribution in [2.24, 2.45) is 0 Å². The van der Waals surface area contributed by atoms with Crippen molar-refractivity contribution in [1.82, 2.24) is 9.88 Å². The van der Waals surface area contributed by atoms with Gasteiger partial charge in [0.15, 0.2) is 0 Å². The Kier molecular flexibility index (Phi) is 6.46. The number of amides is 2. The van der Waals surface area contributed by atoms with Gasteiger partial charge >= 0.3 is 6.03 Å². The van der Waals surface area contributed by atoms with Crippen LogP contribution in [-0.4, -0.2) is 36.0 Å². The van der Waals surface area contributed by atoms with Crippen molar-refractivity contribution >= 4 is 38.6 Å². The van der Waals surface area contributed by atoms with Gasteiger partial charge in [-0.1, -0.05) is 12.1 Å². The molecule has 3 aromatic rings.